The molecule has 0 aliphatic rings. The number of fused-ring (bicyclic) bond motifs is 1. The second-order valence-corrected chi connectivity index (χ2v) is 9.26. The van der Waals surface area contributed by atoms with Gasteiger partial charge in [-0.15, -0.1) is 0 Å². The van der Waals surface area contributed by atoms with Crippen molar-refractivity contribution >= 4 is 34.6 Å². The van der Waals surface area contributed by atoms with Crippen LogP contribution >= 0.6 is 0 Å². The molecule has 2 heterocycles. The van der Waals surface area contributed by atoms with Crippen molar-refractivity contribution < 1.29 is 4.42 Å². The molecule has 4 rings (SSSR count). The quantitative estimate of drug-likeness (QED) is 0.302. The Hall–Kier alpha value is -3.68. The number of para-hydroxylation sites is 3. The van der Waals surface area contributed by atoms with Crippen LogP contribution in [0.3, 0.4) is 0 Å². The van der Waals surface area contributed by atoms with Crippen molar-refractivity contribution in [3.8, 4) is 11.5 Å². The highest BCUT2D eigenvalue weighted by Gasteiger charge is 2.21. The first-order valence-electron chi connectivity index (χ1n) is 11.9. The number of nitrogens with one attached hydrogen (secondary N) is 1. The van der Waals surface area contributed by atoms with Gasteiger partial charge in [-0.3, -0.25) is 0 Å². The third-order valence-electron chi connectivity index (χ3n) is 5.54. The molecule has 2 aromatic carbocycles. The summed E-state index contributed by atoms with van der Waals surface area (Å²) >= 11 is 0. The van der Waals surface area contributed by atoms with E-state index < -0.39 is 0 Å². The van der Waals surface area contributed by atoms with Crippen molar-refractivity contribution in [1.82, 2.24) is 19.9 Å². The lowest BCUT2D eigenvalue weighted by Crippen LogP contribution is -2.24. The van der Waals surface area contributed by atoms with Gasteiger partial charge < -0.3 is 20.4 Å². The first-order chi connectivity index (χ1) is 16.4. The standard InChI is InChI=1S/C26H33N7O/c1-17(2)13-15-28-25-30-24(27)31-26(32-25)33(16-14-18(3)4)21-11-7-5-9-19(21)23-29-20-10-6-8-12-22(20)34-23/h5-12,17-18H,13-16H2,1-4H3,(H3,27,28,30,31,32). The Kier molecular flexibility index (Phi) is 7.25. The molecule has 0 saturated carbocycles. The van der Waals surface area contributed by atoms with Crippen molar-refractivity contribution in [1.29, 1.82) is 0 Å². The minimum atomic E-state index is 0.186. The second-order valence-electron chi connectivity index (χ2n) is 9.26. The van der Waals surface area contributed by atoms with Gasteiger partial charge in [0.15, 0.2) is 5.58 Å². The monoisotopic (exact) mass is 459 g/mol. The van der Waals surface area contributed by atoms with Gasteiger partial charge in [0.1, 0.15) is 5.52 Å². The molecular weight excluding hydrogens is 426 g/mol. The molecule has 0 radical (unpaired) electrons. The fourth-order valence-corrected chi connectivity index (χ4v) is 3.65. The number of anilines is 4. The third-order valence-corrected chi connectivity index (χ3v) is 5.54. The molecule has 0 fully saturated rings. The molecule has 0 unspecified atom stereocenters. The van der Waals surface area contributed by atoms with E-state index in [0.717, 1.165) is 41.7 Å². The first kappa shape index (κ1) is 23.5. The molecule has 0 aliphatic carbocycles. The fraction of sp³-hybridized carbons (Fsp3) is 0.385. The van der Waals surface area contributed by atoms with Crippen molar-refractivity contribution in [2.75, 3.05) is 29.0 Å². The largest absolute Gasteiger partial charge is 0.436 e. The smallest absolute Gasteiger partial charge is 0.236 e. The van der Waals surface area contributed by atoms with Crippen LogP contribution in [0, 0.1) is 11.8 Å². The van der Waals surface area contributed by atoms with E-state index in [1.165, 1.54) is 0 Å². The topological polar surface area (TPSA) is 106 Å². The zero-order valence-corrected chi connectivity index (χ0v) is 20.3. The van der Waals surface area contributed by atoms with Crippen LogP contribution in [0.5, 0.6) is 0 Å². The lowest BCUT2D eigenvalue weighted by molar-refractivity contribution is 0.587. The van der Waals surface area contributed by atoms with Gasteiger partial charge in [0.05, 0.1) is 11.3 Å². The van der Waals surface area contributed by atoms with E-state index >= 15 is 0 Å². The van der Waals surface area contributed by atoms with Crippen LogP contribution in [0.2, 0.25) is 0 Å². The number of nitrogens with two attached hydrogens (primary N) is 1. The van der Waals surface area contributed by atoms with E-state index in [9.17, 15) is 0 Å². The second kappa shape index (κ2) is 10.5. The summed E-state index contributed by atoms with van der Waals surface area (Å²) in [5, 5.41) is 3.29. The Labute approximate surface area is 200 Å². The lowest BCUT2D eigenvalue weighted by Gasteiger charge is -2.25. The van der Waals surface area contributed by atoms with E-state index in [0.29, 0.717) is 36.2 Å². The summed E-state index contributed by atoms with van der Waals surface area (Å²) in [6.45, 7) is 10.3. The number of oxazole rings is 1. The fourth-order valence-electron chi connectivity index (χ4n) is 3.65. The number of benzene rings is 2. The normalized spacial score (nSPS) is 11.5. The number of rotatable bonds is 10. The van der Waals surface area contributed by atoms with Gasteiger partial charge in [-0.25, -0.2) is 4.98 Å². The van der Waals surface area contributed by atoms with Crippen LogP contribution in [0.4, 0.5) is 23.5 Å². The average molecular weight is 460 g/mol. The molecule has 0 bridgehead atoms. The van der Waals surface area contributed by atoms with Crippen molar-refractivity contribution in [3.05, 3.63) is 48.5 Å². The zero-order valence-electron chi connectivity index (χ0n) is 20.3. The first-order valence-corrected chi connectivity index (χ1v) is 11.9. The third kappa shape index (κ3) is 5.62. The molecule has 178 valence electrons. The lowest BCUT2D eigenvalue weighted by atomic mass is 10.1. The maximum absolute atomic E-state index is 6.10. The van der Waals surface area contributed by atoms with Crippen LogP contribution in [-0.4, -0.2) is 33.0 Å². The van der Waals surface area contributed by atoms with E-state index in [2.05, 4.69) is 47.9 Å². The summed E-state index contributed by atoms with van der Waals surface area (Å²) in [5.74, 6) is 2.81. The molecule has 34 heavy (non-hydrogen) atoms. The van der Waals surface area contributed by atoms with Crippen LogP contribution in [-0.2, 0) is 0 Å². The summed E-state index contributed by atoms with van der Waals surface area (Å²) in [6, 6.07) is 15.8. The van der Waals surface area contributed by atoms with Crippen molar-refractivity contribution in [2.24, 2.45) is 11.8 Å². The predicted molar refractivity (Wildman–Crippen MR) is 138 cm³/mol. The Morgan fingerprint density at radius 1 is 0.882 bits per heavy atom. The minimum Gasteiger partial charge on any atom is -0.436 e. The van der Waals surface area contributed by atoms with Gasteiger partial charge in [0.25, 0.3) is 0 Å². The molecule has 8 heteroatoms. The number of hydrogen-bond acceptors (Lipinski definition) is 8. The Morgan fingerprint density at radius 2 is 1.62 bits per heavy atom. The van der Waals surface area contributed by atoms with Crippen molar-refractivity contribution in [2.45, 2.75) is 40.5 Å². The van der Waals surface area contributed by atoms with Gasteiger partial charge in [-0.1, -0.05) is 52.0 Å². The Bertz CT molecular complexity index is 1200. The summed E-state index contributed by atoms with van der Waals surface area (Å²) < 4.78 is 6.10. The van der Waals surface area contributed by atoms with Gasteiger partial charge in [0.2, 0.25) is 23.7 Å². The maximum Gasteiger partial charge on any atom is 0.236 e. The van der Waals surface area contributed by atoms with E-state index in [4.69, 9.17) is 20.1 Å². The molecule has 0 amide bonds. The molecule has 0 atom stereocenters. The number of nitrogen functional groups attached to an aromatic ring is 1. The van der Waals surface area contributed by atoms with Crippen LogP contribution in [0.25, 0.3) is 22.6 Å². The highest BCUT2D eigenvalue weighted by atomic mass is 16.3. The van der Waals surface area contributed by atoms with Crippen LogP contribution < -0.4 is 16.0 Å². The van der Waals surface area contributed by atoms with E-state index in [1.54, 1.807) is 0 Å². The van der Waals surface area contributed by atoms with Gasteiger partial charge in [-0.2, -0.15) is 15.0 Å². The number of hydrogen-bond donors (Lipinski definition) is 2. The molecule has 0 spiro atoms. The molecule has 8 nitrogen and oxygen atoms in total. The maximum atomic E-state index is 6.10. The zero-order chi connectivity index (χ0) is 24.1. The van der Waals surface area contributed by atoms with Crippen LogP contribution in [0.15, 0.2) is 52.9 Å². The van der Waals surface area contributed by atoms with Gasteiger partial charge in [0, 0.05) is 13.1 Å². The Morgan fingerprint density at radius 3 is 2.38 bits per heavy atom. The highest BCUT2D eigenvalue weighted by molar-refractivity contribution is 5.82. The summed E-state index contributed by atoms with van der Waals surface area (Å²) in [6.07, 6.45) is 1.96. The molecular formula is C26H33N7O. The Balaban J connectivity index is 1.75. The molecule has 0 saturated heterocycles. The number of nitrogens with zero attached hydrogens (tertiary/aromatic N) is 5. The molecule has 2 aromatic heterocycles. The van der Waals surface area contributed by atoms with E-state index in [1.807, 2.05) is 48.5 Å². The highest BCUT2D eigenvalue weighted by Crippen LogP contribution is 2.35. The van der Waals surface area contributed by atoms with Gasteiger partial charge in [-0.05, 0) is 48.9 Å². The summed E-state index contributed by atoms with van der Waals surface area (Å²) in [5.41, 5.74) is 9.46. The predicted octanol–water partition coefficient (Wildman–Crippen LogP) is 5.90. The van der Waals surface area contributed by atoms with Crippen molar-refractivity contribution in [3.63, 3.8) is 0 Å². The average Bonchev–Trinajstić information content (AvgIpc) is 3.23. The summed E-state index contributed by atoms with van der Waals surface area (Å²) in [7, 11) is 0. The van der Waals surface area contributed by atoms with Crippen LogP contribution in [0.1, 0.15) is 40.5 Å². The minimum absolute atomic E-state index is 0.186. The van der Waals surface area contributed by atoms with Gasteiger partial charge >= 0.3 is 0 Å². The molecule has 3 N–H and O–H groups in total. The molecule has 4 aromatic rings. The summed E-state index contributed by atoms with van der Waals surface area (Å²) in [4.78, 5) is 20.3. The SMILES string of the molecule is CC(C)CCNc1nc(N)nc(N(CCC(C)C)c2ccccc2-c2nc3ccccc3o2)n1. The number of aromatic nitrogens is 4. The molecule has 0 aliphatic heterocycles. The van der Waals surface area contributed by atoms with E-state index in [-0.39, 0.29) is 5.95 Å².